The summed E-state index contributed by atoms with van der Waals surface area (Å²) in [6.45, 7) is 1.95. The van der Waals surface area contributed by atoms with E-state index in [1.807, 2.05) is 44.3 Å². The summed E-state index contributed by atoms with van der Waals surface area (Å²) >= 11 is 0. The Bertz CT molecular complexity index is 788. The summed E-state index contributed by atoms with van der Waals surface area (Å²) in [5, 5.41) is 11.3. The van der Waals surface area contributed by atoms with E-state index in [9.17, 15) is 4.79 Å². The lowest BCUT2D eigenvalue weighted by molar-refractivity contribution is -0.115. The fourth-order valence-electron chi connectivity index (χ4n) is 2.21. The number of anilines is 1. The molecule has 0 unspecified atom stereocenters. The van der Waals surface area contributed by atoms with E-state index in [-0.39, 0.29) is 5.91 Å². The van der Waals surface area contributed by atoms with Crippen LogP contribution in [0, 0.1) is 6.92 Å². The number of rotatable bonds is 4. The Kier molecular flexibility index (Phi) is 3.74. The van der Waals surface area contributed by atoms with Crippen LogP contribution in [0.4, 0.5) is 5.69 Å². The minimum absolute atomic E-state index is 0.0799. The Labute approximate surface area is 128 Å². The van der Waals surface area contributed by atoms with Crippen LogP contribution in [0.5, 0.6) is 0 Å². The van der Waals surface area contributed by atoms with Gasteiger partial charge in [0.1, 0.15) is 0 Å². The Hall–Kier alpha value is -2.89. The summed E-state index contributed by atoms with van der Waals surface area (Å²) in [6.07, 6.45) is 5.46. The first-order valence-corrected chi connectivity index (χ1v) is 7.01. The van der Waals surface area contributed by atoms with E-state index in [2.05, 4.69) is 15.5 Å². The molecular weight excluding hydrogens is 278 g/mol. The number of hydrogen-bond donors (Lipinski definition) is 1. The van der Waals surface area contributed by atoms with Gasteiger partial charge in [-0.15, -0.1) is 0 Å². The number of nitrogens with one attached hydrogen (secondary N) is 1. The predicted molar refractivity (Wildman–Crippen MR) is 83.8 cm³/mol. The van der Waals surface area contributed by atoms with Gasteiger partial charge in [0.25, 0.3) is 0 Å². The van der Waals surface area contributed by atoms with Crippen molar-refractivity contribution in [2.24, 2.45) is 7.05 Å². The van der Waals surface area contributed by atoms with Gasteiger partial charge >= 0.3 is 0 Å². The lowest BCUT2D eigenvalue weighted by atomic mass is 10.2. The molecule has 0 atom stereocenters. The van der Waals surface area contributed by atoms with Crippen molar-refractivity contribution in [2.75, 3.05) is 5.32 Å². The van der Waals surface area contributed by atoms with Gasteiger partial charge < -0.3 is 5.32 Å². The van der Waals surface area contributed by atoms with Gasteiger partial charge in [0.2, 0.25) is 5.91 Å². The lowest BCUT2D eigenvalue weighted by Crippen LogP contribution is -2.14. The minimum atomic E-state index is -0.0799. The summed E-state index contributed by atoms with van der Waals surface area (Å²) in [5.41, 5.74) is 3.55. The van der Waals surface area contributed by atoms with Crippen molar-refractivity contribution in [3.8, 4) is 5.69 Å². The van der Waals surface area contributed by atoms with Crippen molar-refractivity contribution in [3.63, 3.8) is 0 Å². The number of amides is 1. The number of hydrogen-bond acceptors (Lipinski definition) is 3. The molecule has 0 fully saturated rings. The molecule has 112 valence electrons. The second kappa shape index (κ2) is 5.85. The lowest BCUT2D eigenvalue weighted by Gasteiger charge is -2.02. The van der Waals surface area contributed by atoms with Crippen LogP contribution in [0.2, 0.25) is 0 Å². The Morgan fingerprint density at radius 3 is 2.64 bits per heavy atom. The fourth-order valence-corrected chi connectivity index (χ4v) is 2.21. The van der Waals surface area contributed by atoms with Crippen LogP contribution < -0.4 is 5.32 Å². The molecule has 0 saturated carbocycles. The molecule has 2 aromatic heterocycles. The molecule has 3 aromatic rings. The van der Waals surface area contributed by atoms with E-state index >= 15 is 0 Å². The second-order valence-corrected chi connectivity index (χ2v) is 5.11. The Morgan fingerprint density at radius 1 is 1.18 bits per heavy atom. The van der Waals surface area contributed by atoms with Gasteiger partial charge in [0.05, 0.1) is 36.4 Å². The molecule has 0 spiro atoms. The number of nitrogens with zero attached hydrogens (tertiary/aromatic N) is 4. The molecular formula is C16H17N5O. The minimum Gasteiger partial charge on any atom is -0.323 e. The molecule has 6 nitrogen and oxygen atoms in total. The smallest absolute Gasteiger partial charge is 0.229 e. The summed E-state index contributed by atoms with van der Waals surface area (Å²) in [6, 6.07) is 9.75. The first-order valence-electron chi connectivity index (χ1n) is 7.01. The molecule has 0 saturated heterocycles. The van der Waals surface area contributed by atoms with E-state index < -0.39 is 0 Å². The third-order valence-electron chi connectivity index (χ3n) is 3.57. The highest BCUT2D eigenvalue weighted by molar-refractivity contribution is 5.92. The van der Waals surface area contributed by atoms with E-state index in [4.69, 9.17) is 0 Å². The molecule has 1 amide bonds. The van der Waals surface area contributed by atoms with Gasteiger partial charge in [-0.05, 0) is 19.1 Å². The van der Waals surface area contributed by atoms with E-state index in [0.29, 0.717) is 12.1 Å². The molecule has 22 heavy (non-hydrogen) atoms. The summed E-state index contributed by atoms with van der Waals surface area (Å²) in [4.78, 5) is 12.1. The molecule has 0 aliphatic rings. The van der Waals surface area contributed by atoms with Gasteiger partial charge in [-0.3, -0.25) is 9.48 Å². The molecule has 3 rings (SSSR count). The van der Waals surface area contributed by atoms with Gasteiger partial charge in [0, 0.05) is 18.3 Å². The maximum Gasteiger partial charge on any atom is 0.229 e. The first-order chi connectivity index (χ1) is 10.6. The zero-order chi connectivity index (χ0) is 15.5. The largest absolute Gasteiger partial charge is 0.323 e. The zero-order valence-corrected chi connectivity index (χ0v) is 12.5. The van der Waals surface area contributed by atoms with Crippen molar-refractivity contribution in [1.82, 2.24) is 19.6 Å². The van der Waals surface area contributed by atoms with Crippen LogP contribution in [0.1, 0.15) is 11.3 Å². The fraction of sp³-hybridized carbons (Fsp3) is 0.188. The van der Waals surface area contributed by atoms with Crippen molar-refractivity contribution in [1.29, 1.82) is 0 Å². The van der Waals surface area contributed by atoms with E-state index in [0.717, 1.165) is 16.9 Å². The summed E-state index contributed by atoms with van der Waals surface area (Å²) < 4.78 is 3.49. The number of para-hydroxylation sites is 1. The van der Waals surface area contributed by atoms with E-state index in [1.54, 1.807) is 28.0 Å². The highest BCUT2D eigenvalue weighted by Crippen LogP contribution is 2.12. The molecule has 0 bridgehead atoms. The molecule has 1 N–H and O–H groups in total. The second-order valence-electron chi connectivity index (χ2n) is 5.11. The number of aryl methyl sites for hydroxylation is 1. The maximum absolute atomic E-state index is 12.1. The number of carbonyl (C=O) groups is 1. The standard InChI is InChI=1S/C16H17N5O/c1-12-13(9-17-20(12)2)8-16(22)19-14-10-18-21(11-14)15-6-4-3-5-7-15/h3-7,9-11H,8H2,1-2H3,(H,19,22). The highest BCUT2D eigenvalue weighted by Gasteiger charge is 2.10. The van der Waals surface area contributed by atoms with Crippen molar-refractivity contribution >= 4 is 11.6 Å². The van der Waals surface area contributed by atoms with Crippen LogP contribution in [0.25, 0.3) is 5.69 Å². The number of benzene rings is 1. The van der Waals surface area contributed by atoms with Crippen LogP contribution in [0.15, 0.2) is 48.9 Å². The number of carbonyl (C=O) groups excluding carboxylic acids is 1. The summed E-state index contributed by atoms with van der Waals surface area (Å²) in [5.74, 6) is -0.0799. The van der Waals surface area contributed by atoms with Crippen molar-refractivity contribution in [2.45, 2.75) is 13.3 Å². The number of aromatic nitrogens is 4. The summed E-state index contributed by atoms with van der Waals surface area (Å²) in [7, 11) is 1.86. The van der Waals surface area contributed by atoms with Crippen LogP contribution in [-0.4, -0.2) is 25.5 Å². The van der Waals surface area contributed by atoms with E-state index in [1.165, 1.54) is 0 Å². The van der Waals surface area contributed by atoms with Crippen LogP contribution >= 0.6 is 0 Å². The molecule has 6 heteroatoms. The molecule has 0 aliphatic carbocycles. The average Bonchev–Trinajstić information content (AvgIpc) is 3.10. The SMILES string of the molecule is Cc1c(CC(=O)Nc2cnn(-c3ccccc3)c2)cnn1C. The monoisotopic (exact) mass is 295 g/mol. The van der Waals surface area contributed by atoms with Gasteiger partial charge in [-0.1, -0.05) is 18.2 Å². The topological polar surface area (TPSA) is 64.7 Å². The third-order valence-corrected chi connectivity index (χ3v) is 3.57. The van der Waals surface area contributed by atoms with Gasteiger partial charge in [-0.25, -0.2) is 4.68 Å². The molecule has 2 heterocycles. The van der Waals surface area contributed by atoms with Crippen LogP contribution in [0.3, 0.4) is 0 Å². The first kappa shape index (κ1) is 14.1. The molecule has 0 aliphatic heterocycles. The Balaban J connectivity index is 1.67. The molecule has 1 aromatic carbocycles. The maximum atomic E-state index is 12.1. The quantitative estimate of drug-likeness (QED) is 0.801. The predicted octanol–water partition coefficient (Wildman–Crippen LogP) is 2.10. The van der Waals surface area contributed by atoms with Crippen LogP contribution in [-0.2, 0) is 18.3 Å². The zero-order valence-electron chi connectivity index (χ0n) is 12.5. The van der Waals surface area contributed by atoms with Gasteiger partial charge in [-0.2, -0.15) is 10.2 Å². The Morgan fingerprint density at radius 2 is 1.95 bits per heavy atom. The van der Waals surface area contributed by atoms with Gasteiger partial charge in [0.15, 0.2) is 0 Å². The molecule has 0 radical (unpaired) electrons. The average molecular weight is 295 g/mol. The normalized spacial score (nSPS) is 10.6. The third kappa shape index (κ3) is 2.90. The van der Waals surface area contributed by atoms with Crippen molar-refractivity contribution in [3.05, 3.63) is 60.2 Å². The van der Waals surface area contributed by atoms with Crippen molar-refractivity contribution < 1.29 is 4.79 Å². The highest BCUT2D eigenvalue weighted by atomic mass is 16.1.